The molecule has 0 N–H and O–H groups in total. The van der Waals surface area contributed by atoms with Crippen LogP contribution in [0, 0.1) is 0 Å². The highest BCUT2D eigenvalue weighted by Crippen LogP contribution is 2.32. The molecule has 0 spiro atoms. The first-order valence-electron chi connectivity index (χ1n) is 10.5. The number of carbonyl (C=O) groups excluding carboxylic acids is 1. The van der Waals surface area contributed by atoms with Crippen LogP contribution in [-0.4, -0.2) is 21.5 Å². The molecule has 0 atom stereocenters. The fraction of sp³-hybridized carbons (Fsp3) is 0.192. The lowest BCUT2D eigenvalue weighted by Gasteiger charge is -2.06. The van der Waals surface area contributed by atoms with E-state index in [1.54, 1.807) is 10.8 Å². The summed E-state index contributed by atoms with van der Waals surface area (Å²) in [6.45, 7) is 3.98. The van der Waals surface area contributed by atoms with Gasteiger partial charge in [0.2, 0.25) is 5.91 Å². The summed E-state index contributed by atoms with van der Waals surface area (Å²) in [7, 11) is 0. The number of oxazole rings is 1. The van der Waals surface area contributed by atoms with Crippen molar-refractivity contribution >= 4 is 5.91 Å². The lowest BCUT2D eigenvalue weighted by molar-refractivity contribution is 0.0894. The minimum absolute atomic E-state index is 0.0410. The van der Waals surface area contributed by atoms with E-state index >= 15 is 0 Å². The van der Waals surface area contributed by atoms with E-state index in [9.17, 15) is 4.79 Å². The van der Waals surface area contributed by atoms with Crippen molar-refractivity contribution in [1.82, 2.24) is 9.55 Å². The van der Waals surface area contributed by atoms with E-state index in [1.165, 1.54) is 0 Å². The number of benzene rings is 2. The van der Waals surface area contributed by atoms with E-state index in [2.05, 4.69) is 4.99 Å². The van der Waals surface area contributed by atoms with Crippen LogP contribution in [0.4, 0.5) is 0 Å². The predicted octanol–water partition coefficient (Wildman–Crippen LogP) is 5.39. The monoisotopic (exact) mass is 411 g/mol. The summed E-state index contributed by atoms with van der Waals surface area (Å²) in [6.07, 6.45) is 2.44. The van der Waals surface area contributed by atoms with Crippen LogP contribution in [0.5, 0.6) is 0 Å². The minimum Gasteiger partial charge on any atom is -0.440 e. The van der Waals surface area contributed by atoms with Crippen LogP contribution >= 0.6 is 0 Å². The zero-order valence-electron chi connectivity index (χ0n) is 17.7. The molecule has 4 aromatic rings. The Labute approximate surface area is 181 Å². The quantitative estimate of drug-likeness (QED) is 0.427. The first-order valence-corrected chi connectivity index (χ1v) is 10.5. The maximum absolute atomic E-state index is 12.9. The van der Waals surface area contributed by atoms with E-state index in [0.29, 0.717) is 17.8 Å². The van der Waals surface area contributed by atoms with Crippen molar-refractivity contribution in [2.24, 2.45) is 4.99 Å². The fourth-order valence-corrected chi connectivity index (χ4v) is 3.40. The molecule has 2 heterocycles. The summed E-state index contributed by atoms with van der Waals surface area (Å²) in [4.78, 5) is 22.2. The number of hydrogen-bond donors (Lipinski definition) is 0. The average Bonchev–Trinajstić information content (AvgIpc) is 3.23. The first kappa shape index (κ1) is 20.5. The van der Waals surface area contributed by atoms with E-state index in [-0.39, 0.29) is 18.4 Å². The lowest BCUT2D eigenvalue weighted by atomic mass is 10.1. The van der Waals surface area contributed by atoms with Crippen molar-refractivity contribution in [3.05, 3.63) is 96.4 Å². The zero-order chi connectivity index (χ0) is 21.6. The van der Waals surface area contributed by atoms with Gasteiger partial charge >= 0.3 is 0 Å². The molecule has 2 aromatic carbocycles. The van der Waals surface area contributed by atoms with E-state index in [1.807, 2.05) is 92.7 Å². The number of nitrogens with zero attached hydrogens (tertiary/aromatic N) is 3. The van der Waals surface area contributed by atoms with Gasteiger partial charge < -0.3 is 4.42 Å². The second-order valence-electron chi connectivity index (χ2n) is 7.56. The molecule has 156 valence electrons. The molecule has 0 saturated heterocycles. The van der Waals surface area contributed by atoms with Crippen LogP contribution in [-0.2, 0) is 6.42 Å². The molecule has 0 aliphatic carbocycles. The molecule has 0 saturated carbocycles. The van der Waals surface area contributed by atoms with Crippen molar-refractivity contribution in [3.63, 3.8) is 0 Å². The molecule has 31 heavy (non-hydrogen) atoms. The lowest BCUT2D eigenvalue weighted by Crippen LogP contribution is -2.27. The summed E-state index contributed by atoms with van der Waals surface area (Å²) in [5, 5.41) is 0. The Kier molecular flexibility index (Phi) is 6.22. The number of carbonyl (C=O) groups is 1. The molecule has 0 fully saturated rings. The van der Waals surface area contributed by atoms with Gasteiger partial charge in [-0.15, -0.1) is 0 Å². The van der Waals surface area contributed by atoms with E-state index in [4.69, 9.17) is 9.40 Å². The molecule has 0 aliphatic heterocycles. The Morgan fingerprint density at radius 3 is 2.26 bits per heavy atom. The molecule has 2 aromatic heterocycles. The molecule has 0 radical (unpaired) electrons. The van der Waals surface area contributed by atoms with Gasteiger partial charge in [0.1, 0.15) is 11.2 Å². The Morgan fingerprint density at radius 2 is 1.58 bits per heavy atom. The van der Waals surface area contributed by atoms with E-state index < -0.39 is 0 Å². The van der Waals surface area contributed by atoms with Crippen molar-refractivity contribution in [1.29, 1.82) is 0 Å². The summed E-state index contributed by atoms with van der Waals surface area (Å²) in [5.74, 6) is 1.22. The molecule has 0 bridgehead atoms. The third kappa shape index (κ3) is 4.89. The second kappa shape index (κ2) is 9.39. The average molecular weight is 412 g/mol. The maximum atomic E-state index is 12.9. The zero-order valence-corrected chi connectivity index (χ0v) is 17.7. The Morgan fingerprint density at radius 1 is 0.935 bits per heavy atom. The Hall–Kier alpha value is -3.73. The van der Waals surface area contributed by atoms with Gasteiger partial charge in [0.05, 0.1) is 0 Å². The van der Waals surface area contributed by atoms with Gasteiger partial charge in [-0.25, -0.2) is 4.98 Å². The van der Waals surface area contributed by atoms with Crippen molar-refractivity contribution in [2.45, 2.75) is 32.7 Å². The van der Waals surface area contributed by atoms with Crippen LogP contribution in [0.15, 0.2) is 94.5 Å². The maximum Gasteiger partial charge on any atom is 0.232 e. The van der Waals surface area contributed by atoms with Gasteiger partial charge in [-0.2, -0.15) is 0 Å². The summed E-state index contributed by atoms with van der Waals surface area (Å²) >= 11 is 0. The molecule has 5 heteroatoms. The van der Waals surface area contributed by atoms with Gasteiger partial charge in [-0.3, -0.25) is 14.4 Å². The van der Waals surface area contributed by atoms with Crippen LogP contribution < -0.4 is 5.49 Å². The molecular weight excluding hydrogens is 386 g/mol. The molecular formula is C26H25N3O2. The predicted molar refractivity (Wildman–Crippen MR) is 121 cm³/mol. The highest BCUT2D eigenvalue weighted by molar-refractivity contribution is 5.79. The van der Waals surface area contributed by atoms with Crippen LogP contribution in [0.2, 0.25) is 0 Å². The fourth-order valence-electron chi connectivity index (χ4n) is 3.40. The summed E-state index contributed by atoms with van der Waals surface area (Å²) < 4.78 is 7.74. The number of pyridine rings is 1. The molecule has 0 amide bonds. The third-order valence-electron chi connectivity index (χ3n) is 4.80. The smallest absolute Gasteiger partial charge is 0.232 e. The third-order valence-corrected chi connectivity index (χ3v) is 4.80. The van der Waals surface area contributed by atoms with Crippen LogP contribution in [0.1, 0.15) is 31.0 Å². The van der Waals surface area contributed by atoms with Crippen LogP contribution in [0.3, 0.4) is 0 Å². The highest BCUT2D eigenvalue weighted by atomic mass is 16.4. The van der Waals surface area contributed by atoms with Gasteiger partial charge in [0.15, 0.2) is 11.7 Å². The highest BCUT2D eigenvalue weighted by Gasteiger charge is 2.17. The SMILES string of the molecule is CC(C)N=c1ccccn1C(=O)CCc1nc(-c2ccccc2)c(-c2ccccc2)o1. The second-order valence-corrected chi connectivity index (χ2v) is 7.56. The normalized spacial score (nSPS) is 11.8. The van der Waals surface area contributed by atoms with Gasteiger partial charge in [0.25, 0.3) is 0 Å². The van der Waals surface area contributed by atoms with Gasteiger partial charge in [0, 0.05) is 36.2 Å². The topological polar surface area (TPSA) is 60.4 Å². The standard InChI is InChI=1S/C26H25N3O2/c1-19(2)27-22-15-9-10-18-29(22)24(30)17-16-23-28-25(20-11-5-3-6-12-20)26(31-23)21-13-7-4-8-14-21/h3-15,18-19H,16-17H2,1-2H3. The first-order chi connectivity index (χ1) is 15.1. The van der Waals surface area contributed by atoms with Crippen molar-refractivity contribution in [2.75, 3.05) is 0 Å². The number of aromatic nitrogens is 2. The molecule has 5 nitrogen and oxygen atoms in total. The molecule has 0 aliphatic rings. The number of hydrogen-bond acceptors (Lipinski definition) is 4. The molecule has 4 rings (SSSR count). The Balaban J connectivity index is 1.62. The van der Waals surface area contributed by atoms with Crippen LogP contribution in [0.25, 0.3) is 22.6 Å². The van der Waals surface area contributed by atoms with Gasteiger partial charge in [-0.1, -0.05) is 66.7 Å². The van der Waals surface area contributed by atoms with Crippen molar-refractivity contribution < 1.29 is 9.21 Å². The van der Waals surface area contributed by atoms with Gasteiger partial charge in [-0.05, 0) is 26.0 Å². The summed E-state index contributed by atoms with van der Waals surface area (Å²) in [5.41, 5.74) is 3.39. The summed E-state index contributed by atoms with van der Waals surface area (Å²) in [6, 6.07) is 25.6. The minimum atomic E-state index is -0.0410. The number of rotatable bonds is 6. The molecule has 0 unspecified atom stereocenters. The number of aryl methyl sites for hydroxylation is 1. The van der Waals surface area contributed by atoms with E-state index in [0.717, 1.165) is 22.6 Å². The van der Waals surface area contributed by atoms with Crippen molar-refractivity contribution in [3.8, 4) is 22.6 Å². The Bertz CT molecular complexity index is 1170. The largest absolute Gasteiger partial charge is 0.440 e.